The van der Waals surface area contributed by atoms with Gasteiger partial charge >= 0.3 is 5.97 Å². The molecular weight excluding hydrogens is 584 g/mol. The zero-order chi connectivity index (χ0) is 33.8. The minimum absolute atomic E-state index is 0.00424. The van der Waals surface area contributed by atoms with Gasteiger partial charge in [-0.3, -0.25) is 0 Å². The highest BCUT2D eigenvalue weighted by Crippen LogP contribution is 2.39. The molecule has 1 spiro atoms. The molecular formula is C37H44N2O7. The molecule has 0 N–H and O–H groups in total. The number of ether oxygens (including phenoxy) is 6. The second kappa shape index (κ2) is 16.4. The van der Waals surface area contributed by atoms with Crippen molar-refractivity contribution in [1.82, 2.24) is 0 Å². The summed E-state index contributed by atoms with van der Waals surface area (Å²) in [6.07, 6.45) is 9.17. The number of nitrogens with zero attached hydrogens (tertiary/aromatic N) is 2. The molecule has 46 heavy (non-hydrogen) atoms. The zero-order valence-corrected chi connectivity index (χ0v) is 27.4. The van der Waals surface area contributed by atoms with E-state index in [0.717, 1.165) is 11.1 Å². The first-order chi connectivity index (χ1) is 21.9. The summed E-state index contributed by atoms with van der Waals surface area (Å²) in [4.78, 5) is 12.6. The van der Waals surface area contributed by atoms with Gasteiger partial charge in [-0.1, -0.05) is 95.5 Å². The summed E-state index contributed by atoms with van der Waals surface area (Å²) in [6.45, 7) is 18.8. The summed E-state index contributed by atoms with van der Waals surface area (Å²) >= 11 is 0. The molecule has 2 heterocycles. The molecule has 3 rings (SSSR count). The second-order valence-electron chi connectivity index (χ2n) is 12.8. The van der Waals surface area contributed by atoms with Crippen LogP contribution in [0.2, 0.25) is 0 Å². The molecule has 2 aliphatic rings. The molecule has 1 aromatic rings. The van der Waals surface area contributed by atoms with Crippen molar-refractivity contribution in [2.45, 2.75) is 47.2 Å². The largest absolute Gasteiger partial charge is 0.492 e. The fourth-order valence-corrected chi connectivity index (χ4v) is 4.75. The normalized spacial score (nSPS) is 23.0. The molecule has 0 amide bonds. The van der Waals surface area contributed by atoms with E-state index >= 15 is 0 Å². The summed E-state index contributed by atoms with van der Waals surface area (Å²) in [7, 11) is 0. The van der Waals surface area contributed by atoms with Crippen LogP contribution in [0.25, 0.3) is 6.08 Å². The van der Waals surface area contributed by atoms with Gasteiger partial charge in [-0.15, -0.1) is 0 Å². The lowest BCUT2D eigenvalue weighted by Gasteiger charge is -2.48. The Bertz CT molecular complexity index is 1440. The zero-order valence-electron chi connectivity index (χ0n) is 27.4. The second-order valence-corrected chi connectivity index (χ2v) is 12.8. The van der Waals surface area contributed by atoms with E-state index in [4.69, 9.17) is 28.4 Å². The van der Waals surface area contributed by atoms with Crippen LogP contribution in [-0.2, 0) is 33.2 Å². The molecule has 2 fully saturated rings. The summed E-state index contributed by atoms with van der Waals surface area (Å²) in [5.74, 6) is -0.448. The van der Waals surface area contributed by atoms with Crippen LogP contribution in [-0.4, -0.2) is 58.2 Å². The Morgan fingerprint density at radius 2 is 1.46 bits per heavy atom. The van der Waals surface area contributed by atoms with E-state index < -0.39 is 34.8 Å². The maximum Gasteiger partial charge on any atom is 0.348 e. The molecule has 0 aromatic heterocycles. The number of benzene rings is 1. The summed E-state index contributed by atoms with van der Waals surface area (Å²) in [6, 6.07) is 13.2. The van der Waals surface area contributed by atoms with Gasteiger partial charge in [0.15, 0.2) is 12.6 Å². The summed E-state index contributed by atoms with van der Waals surface area (Å²) in [5, 5.41) is 19.1. The van der Waals surface area contributed by atoms with Crippen molar-refractivity contribution in [3.63, 3.8) is 0 Å². The molecule has 0 unspecified atom stereocenters. The fourth-order valence-electron chi connectivity index (χ4n) is 4.75. The average molecular weight is 629 g/mol. The number of carbonyl (C=O) groups is 1. The highest BCUT2D eigenvalue weighted by molar-refractivity contribution is 5.97. The van der Waals surface area contributed by atoms with Crippen molar-refractivity contribution in [2.75, 3.05) is 39.6 Å². The Morgan fingerprint density at radius 3 is 1.93 bits per heavy atom. The van der Waals surface area contributed by atoms with E-state index in [2.05, 4.69) is 19.2 Å². The molecule has 0 bridgehead atoms. The number of rotatable bonds is 13. The third-order valence-electron chi connectivity index (χ3n) is 7.49. The van der Waals surface area contributed by atoms with E-state index in [1.165, 1.54) is 6.08 Å². The Kier molecular flexibility index (Phi) is 12.9. The predicted octanol–water partition coefficient (Wildman–Crippen LogP) is 6.59. The van der Waals surface area contributed by atoms with Crippen molar-refractivity contribution >= 4 is 12.0 Å². The number of nitriles is 2. The molecule has 0 atom stereocenters. The maximum absolute atomic E-state index is 12.6. The number of carbonyl (C=O) groups excluding carboxylic acids is 1. The van der Waals surface area contributed by atoms with Gasteiger partial charge in [-0.2, -0.15) is 10.5 Å². The van der Waals surface area contributed by atoms with Gasteiger partial charge < -0.3 is 28.4 Å². The number of allylic oxidation sites excluding steroid dienone is 7. The third kappa shape index (κ3) is 9.87. The number of hydrogen-bond donors (Lipinski definition) is 0. The molecule has 244 valence electrons. The Hall–Kier alpha value is -4.25. The minimum Gasteiger partial charge on any atom is -0.492 e. The lowest BCUT2D eigenvalue weighted by molar-refractivity contribution is -0.337. The lowest BCUT2D eigenvalue weighted by Crippen LogP contribution is -2.57. The van der Waals surface area contributed by atoms with Gasteiger partial charge in [0.05, 0.1) is 44.0 Å². The van der Waals surface area contributed by atoms with E-state index in [1.807, 2.05) is 71.0 Å². The first-order valence-electron chi connectivity index (χ1n) is 15.1. The van der Waals surface area contributed by atoms with Crippen molar-refractivity contribution < 1.29 is 33.2 Å². The molecule has 0 saturated carbocycles. The third-order valence-corrected chi connectivity index (χ3v) is 7.49. The highest BCUT2D eigenvalue weighted by Gasteiger charge is 2.48. The van der Waals surface area contributed by atoms with Crippen LogP contribution in [0.3, 0.4) is 0 Å². The van der Waals surface area contributed by atoms with Gasteiger partial charge in [0, 0.05) is 10.8 Å². The first-order valence-corrected chi connectivity index (χ1v) is 15.1. The first kappa shape index (κ1) is 36.2. The highest BCUT2D eigenvalue weighted by atomic mass is 16.7. The van der Waals surface area contributed by atoms with Gasteiger partial charge in [0.1, 0.15) is 30.1 Å². The van der Waals surface area contributed by atoms with Gasteiger partial charge in [-0.25, -0.2) is 4.79 Å². The van der Waals surface area contributed by atoms with E-state index in [1.54, 1.807) is 30.4 Å². The van der Waals surface area contributed by atoms with Crippen LogP contribution in [0.4, 0.5) is 0 Å². The molecule has 9 heteroatoms. The van der Waals surface area contributed by atoms with Gasteiger partial charge in [0.2, 0.25) is 0 Å². The summed E-state index contributed by atoms with van der Waals surface area (Å²) in [5.41, 5.74) is 0.0180. The minimum atomic E-state index is -0.704. The molecule has 0 radical (unpaired) electrons. The predicted molar refractivity (Wildman–Crippen MR) is 174 cm³/mol. The van der Waals surface area contributed by atoms with E-state index in [0.29, 0.717) is 32.0 Å². The van der Waals surface area contributed by atoms with Crippen LogP contribution in [0.15, 0.2) is 96.3 Å². The van der Waals surface area contributed by atoms with Crippen LogP contribution in [0.1, 0.15) is 40.2 Å². The van der Waals surface area contributed by atoms with Gasteiger partial charge in [0.25, 0.3) is 0 Å². The fraction of sp³-hybridized carbons (Fsp3) is 0.432. The Balaban J connectivity index is 1.50. The van der Waals surface area contributed by atoms with Crippen LogP contribution in [0, 0.1) is 38.9 Å². The molecule has 9 nitrogen and oxygen atoms in total. The standard InChI is InChI=1S/C37H44N2O7/c1-8-13-28(14-9-2)17-30(19-38)27(3)41-21-35(4,5)33-43-23-37(24-44-33)25-45-34(46-26-37)36(6,7)22-42-32(40)31(20-39)18-29-15-11-10-12-16-29/h8-18,33-34H,1,3,21-26H2,2,4-7H3/b14-9-,28-13+,30-17-,31-18-. The molecule has 0 aliphatic carbocycles. The SMILES string of the molecule is C=C/C=C(\C=C/C)/C=C(/C#N)C(=C)OCC(C)(C)C1OCC2(CO1)COC(C(C)(C)COC(=O)/C(C#N)=C\c1ccccc1)OC2. The van der Waals surface area contributed by atoms with Crippen molar-refractivity contribution in [3.05, 3.63) is 102 Å². The lowest BCUT2D eigenvalue weighted by atomic mass is 9.86. The van der Waals surface area contributed by atoms with Crippen LogP contribution in [0.5, 0.6) is 0 Å². The smallest absolute Gasteiger partial charge is 0.348 e. The van der Waals surface area contributed by atoms with Crippen molar-refractivity contribution in [1.29, 1.82) is 10.5 Å². The van der Waals surface area contributed by atoms with Crippen LogP contribution < -0.4 is 0 Å². The Morgan fingerprint density at radius 1 is 0.935 bits per heavy atom. The monoisotopic (exact) mass is 628 g/mol. The quantitative estimate of drug-likeness (QED) is 0.0783. The van der Waals surface area contributed by atoms with Crippen molar-refractivity contribution in [2.24, 2.45) is 16.2 Å². The molecule has 1 aromatic carbocycles. The van der Waals surface area contributed by atoms with E-state index in [9.17, 15) is 15.3 Å². The molecule has 2 saturated heterocycles. The number of hydrogen-bond acceptors (Lipinski definition) is 9. The van der Waals surface area contributed by atoms with Crippen LogP contribution >= 0.6 is 0 Å². The topological polar surface area (TPSA) is 120 Å². The summed E-state index contributed by atoms with van der Waals surface area (Å²) < 4.78 is 36.0. The Labute approximate surface area is 272 Å². The van der Waals surface area contributed by atoms with E-state index in [-0.39, 0.29) is 24.5 Å². The van der Waals surface area contributed by atoms with Crippen molar-refractivity contribution in [3.8, 4) is 12.1 Å². The maximum atomic E-state index is 12.6. The number of esters is 1. The van der Waals surface area contributed by atoms with Gasteiger partial charge in [-0.05, 0) is 30.2 Å². The average Bonchev–Trinajstić information content (AvgIpc) is 3.05. The molecule has 2 aliphatic heterocycles.